The van der Waals surface area contributed by atoms with Crippen LogP contribution in [0.25, 0.3) is 11.3 Å². The van der Waals surface area contributed by atoms with E-state index in [9.17, 15) is 4.79 Å². The van der Waals surface area contributed by atoms with E-state index in [0.717, 1.165) is 28.8 Å². The number of hydrogen-bond donors (Lipinski definition) is 1. The van der Waals surface area contributed by atoms with Crippen molar-refractivity contribution in [3.05, 3.63) is 45.9 Å². The van der Waals surface area contributed by atoms with Crippen molar-refractivity contribution < 1.29 is 19.3 Å². The number of ether oxygens (including phenoxy) is 3. The number of aryl methyl sites for hydroxylation is 1. The van der Waals surface area contributed by atoms with Crippen LogP contribution in [0.15, 0.2) is 29.1 Å². The van der Waals surface area contributed by atoms with Crippen molar-refractivity contribution in [3.63, 3.8) is 0 Å². The van der Waals surface area contributed by atoms with Gasteiger partial charge in [0.1, 0.15) is 19.3 Å². The Hall–Kier alpha value is -2.66. The first kappa shape index (κ1) is 17.7. The molecule has 1 N–H and O–H groups in total. The molecular formula is C20H20N2O5. The molecule has 1 aromatic carbocycles. The number of nitrogens with zero attached hydrogens (tertiary/aromatic N) is 2. The molecule has 0 radical (unpaired) electrons. The number of aromatic nitrogens is 2. The Morgan fingerprint density at radius 2 is 2.26 bits per heavy atom. The molecule has 1 unspecified atom stereocenters. The maximum absolute atomic E-state index is 12.4. The van der Waals surface area contributed by atoms with Crippen LogP contribution in [0.4, 0.5) is 0 Å². The van der Waals surface area contributed by atoms with E-state index in [1.165, 1.54) is 0 Å². The third kappa shape index (κ3) is 3.88. The van der Waals surface area contributed by atoms with Crippen molar-refractivity contribution in [2.45, 2.75) is 19.1 Å². The van der Waals surface area contributed by atoms with E-state index in [-0.39, 0.29) is 24.3 Å². The molecule has 2 aliphatic heterocycles. The Morgan fingerprint density at radius 1 is 1.33 bits per heavy atom. The van der Waals surface area contributed by atoms with Gasteiger partial charge >= 0.3 is 5.69 Å². The Kier molecular flexibility index (Phi) is 5.21. The van der Waals surface area contributed by atoms with Crippen LogP contribution in [-0.4, -0.2) is 53.8 Å². The predicted molar refractivity (Wildman–Crippen MR) is 97.7 cm³/mol. The van der Waals surface area contributed by atoms with Gasteiger partial charge in [0.05, 0.1) is 25.5 Å². The van der Waals surface area contributed by atoms with Gasteiger partial charge in [-0.25, -0.2) is 4.79 Å². The second-order valence-electron chi connectivity index (χ2n) is 6.37. The third-order valence-electron chi connectivity index (χ3n) is 4.59. The lowest BCUT2D eigenvalue weighted by molar-refractivity contribution is -0.102. The molecule has 2 aliphatic rings. The smallest absolute Gasteiger partial charge is 0.351 e. The Bertz CT molecular complexity index is 951. The SMILES string of the molecule is O=c1nc(OCC2COCCO2)cc2n1CCc1cc(C#CCO)ccc1-2. The summed E-state index contributed by atoms with van der Waals surface area (Å²) in [5, 5.41) is 8.85. The van der Waals surface area contributed by atoms with Crippen molar-refractivity contribution >= 4 is 0 Å². The predicted octanol–water partition coefficient (Wildman–Crippen LogP) is 0.604. The van der Waals surface area contributed by atoms with Crippen molar-refractivity contribution in [2.24, 2.45) is 0 Å². The van der Waals surface area contributed by atoms with Crippen LogP contribution in [0.3, 0.4) is 0 Å². The van der Waals surface area contributed by atoms with Gasteiger partial charge in [0.25, 0.3) is 0 Å². The summed E-state index contributed by atoms with van der Waals surface area (Å²) in [5.41, 5.74) is 3.39. The third-order valence-corrected chi connectivity index (χ3v) is 4.59. The van der Waals surface area contributed by atoms with Crippen molar-refractivity contribution in [1.82, 2.24) is 9.55 Å². The van der Waals surface area contributed by atoms with Gasteiger partial charge in [0.2, 0.25) is 5.88 Å². The van der Waals surface area contributed by atoms with Gasteiger partial charge in [0, 0.05) is 23.7 Å². The first-order valence-corrected chi connectivity index (χ1v) is 8.91. The topological polar surface area (TPSA) is 82.8 Å². The second-order valence-corrected chi connectivity index (χ2v) is 6.37. The van der Waals surface area contributed by atoms with E-state index in [1.54, 1.807) is 10.6 Å². The molecule has 0 bridgehead atoms. The van der Waals surface area contributed by atoms with Gasteiger partial charge in [0.15, 0.2) is 0 Å². The summed E-state index contributed by atoms with van der Waals surface area (Å²) in [4.78, 5) is 16.5. The monoisotopic (exact) mass is 368 g/mol. The number of aliphatic hydroxyl groups is 1. The molecule has 140 valence electrons. The summed E-state index contributed by atoms with van der Waals surface area (Å²) in [6, 6.07) is 7.63. The maximum atomic E-state index is 12.4. The van der Waals surface area contributed by atoms with E-state index in [0.29, 0.717) is 33.0 Å². The molecule has 4 rings (SSSR count). The molecular weight excluding hydrogens is 348 g/mol. The Labute approximate surface area is 156 Å². The average molecular weight is 368 g/mol. The van der Waals surface area contributed by atoms with E-state index < -0.39 is 0 Å². The maximum Gasteiger partial charge on any atom is 0.351 e. The Morgan fingerprint density at radius 3 is 3.07 bits per heavy atom. The van der Waals surface area contributed by atoms with Crippen molar-refractivity contribution in [3.8, 4) is 29.0 Å². The highest BCUT2D eigenvalue weighted by Crippen LogP contribution is 2.30. The molecule has 0 spiro atoms. The number of aliphatic hydroxyl groups excluding tert-OH is 1. The zero-order valence-corrected chi connectivity index (χ0v) is 14.8. The largest absolute Gasteiger partial charge is 0.475 e. The molecule has 1 saturated heterocycles. The van der Waals surface area contributed by atoms with Crippen LogP contribution >= 0.6 is 0 Å². The highest BCUT2D eigenvalue weighted by atomic mass is 16.6. The first-order valence-electron chi connectivity index (χ1n) is 8.91. The molecule has 1 aromatic heterocycles. The quantitative estimate of drug-likeness (QED) is 0.799. The van der Waals surface area contributed by atoms with Crippen LogP contribution in [0, 0.1) is 11.8 Å². The fourth-order valence-corrected chi connectivity index (χ4v) is 3.31. The minimum Gasteiger partial charge on any atom is -0.475 e. The molecule has 0 aliphatic carbocycles. The van der Waals surface area contributed by atoms with Gasteiger partial charge in [-0.2, -0.15) is 4.98 Å². The molecule has 0 saturated carbocycles. The fraction of sp³-hybridized carbons (Fsp3) is 0.400. The minimum atomic E-state index is -0.321. The van der Waals surface area contributed by atoms with Gasteiger partial charge in [-0.1, -0.05) is 17.9 Å². The number of fused-ring (bicyclic) bond motifs is 3. The highest BCUT2D eigenvalue weighted by Gasteiger charge is 2.20. The van der Waals surface area contributed by atoms with E-state index >= 15 is 0 Å². The molecule has 1 atom stereocenters. The van der Waals surface area contributed by atoms with Crippen LogP contribution in [0.5, 0.6) is 5.88 Å². The molecule has 27 heavy (non-hydrogen) atoms. The van der Waals surface area contributed by atoms with Gasteiger partial charge in [-0.15, -0.1) is 0 Å². The summed E-state index contributed by atoms with van der Waals surface area (Å²) in [6.07, 6.45) is 0.575. The molecule has 2 aromatic rings. The summed E-state index contributed by atoms with van der Waals surface area (Å²) in [6.45, 7) is 2.30. The second kappa shape index (κ2) is 7.92. The van der Waals surface area contributed by atoms with Gasteiger partial charge in [-0.05, 0) is 24.1 Å². The zero-order chi connectivity index (χ0) is 18.6. The van der Waals surface area contributed by atoms with Crippen LogP contribution in [-0.2, 0) is 22.4 Å². The van der Waals surface area contributed by atoms with E-state index in [2.05, 4.69) is 16.8 Å². The highest BCUT2D eigenvalue weighted by molar-refractivity contribution is 5.67. The lowest BCUT2D eigenvalue weighted by Crippen LogP contribution is -2.34. The number of benzene rings is 1. The molecule has 1 fully saturated rings. The van der Waals surface area contributed by atoms with Crippen molar-refractivity contribution in [2.75, 3.05) is 33.0 Å². The molecule has 7 heteroatoms. The zero-order valence-electron chi connectivity index (χ0n) is 14.8. The summed E-state index contributed by atoms with van der Waals surface area (Å²) < 4.78 is 18.3. The number of hydrogen-bond acceptors (Lipinski definition) is 6. The molecule has 3 heterocycles. The first-order chi connectivity index (χ1) is 13.2. The Balaban J connectivity index is 1.61. The van der Waals surface area contributed by atoms with Crippen molar-refractivity contribution in [1.29, 1.82) is 0 Å². The standard InChI is InChI=1S/C20H20N2O5/c23-7-1-2-14-3-4-17-15(10-14)5-6-22-18(17)11-19(21-20(22)24)27-13-16-12-25-8-9-26-16/h3-4,10-11,16,23H,5-9,12-13H2. The van der Waals surface area contributed by atoms with Crippen LogP contribution in [0.1, 0.15) is 11.1 Å². The molecule has 7 nitrogen and oxygen atoms in total. The lowest BCUT2D eigenvalue weighted by Gasteiger charge is -2.24. The minimum absolute atomic E-state index is 0.153. The van der Waals surface area contributed by atoms with Gasteiger partial charge < -0.3 is 19.3 Å². The summed E-state index contributed by atoms with van der Waals surface area (Å²) >= 11 is 0. The van der Waals surface area contributed by atoms with E-state index in [1.807, 2.05) is 18.2 Å². The summed E-state index contributed by atoms with van der Waals surface area (Å²) in [7, 11) is 0. The van der Waals surface area contributed by atoms with Crippen LogP contribution < -0.4 is 10.4 Å². The fourth-order valence-electron chi connectivity index (χ4n) is 3.31. The van der Waals surface area contributed by atoms with Crippen LogP contribution in [0.2, 0.25) is 0 Å². The van der Waals surface area contributed by atoms with Gasteiger partial charge in [-0.3, -0.25) is 4.57 Å². The lowest BCUT2D eigenvalue weighted by atomic mass is 9.95. The average Bonchev–Trinajstić information content (AvgIpc) is 2.71. The number of rotatable bonds is 3. The summed E-state index contributed by atoms with van der Waals surface area (Å²) in [5.74, 6) is 5.86. The van der Waals surface area contributed by atoms with E-state index in [4.69, 9.17) is 19.3 Å². The normalized spacial score (nSPS) is 18.0. The molecule has 0 amide bonds.